The van der Waals surface area contributed by atoms with E-state index in [2.05, 4.69) is 5.10 Å². The summed E-state index contributed by atoms with van der Waals surface area (Å²) in [6, 6.07) is 9.06. The zero-order valence-electron chi connectivity index (χ0n) is 12.0. The van der Waals surface area contributed by atoms with E-state index in [0.717, 1.165) is 23.8 Å². The average Bonchev–Trinajstić information content (AvgIpc) is 2.48. The van der Waals surface area contributed by atoms with Gasteiger partial charge in [0.05, 0.1) is 10.6 Å². The molecule has 0 saturated carbocycles. The van der Waals surface area contributed by atoms with Gasteiger partial charge in [-0.2, -0.15) is 18.4 Å². The molecule has 0 radical (unpaired) electrons. The van der Waals surface area contributed by atoms with Crippen LogP contribution in [0.5, 0.6) is 0 Å². The third-order valence-electron chi connectivity index (χ3n) is 2.98. The van der Waals surface area contributed by atoms with Gasteiger partial charge in [0, 0.05) is 5.56 Å². The van der Waals surface area contributed by atoms with Gasteiger partial charge >= 0.3 is 0 Å². The van der Waals surface area contributed by atoms with Crippen molar-refractivity contribution in [1.29, 1.82) is 0 Å². The quantitative estimate of drug-likeness (QED) is 0.694. The Hall–Kier alpha value is -2.28. The molecule has 116 valence electrons. The van der Waals surface area contributed by atoms with Gasteiger partial charge in [-0.05, 0) is 44.2 Å². The molecule has 4 nitrogen and oxygen atoms in total. The van der Waals surface area contributed by atoms with Gasteiger partial charge in [-0.25, -0.2) is 8.78 Å². The highest BCUT2D eigenvalue weighted by Crippen LogP contribution is 2.12. The number of nitrogens with one attached hydrogen (secondary N) is 1. The minimum Gasteiger partial charge on any atom is -0.207 e. The average molecular weight is 324 g/mol. The van der Waals surface area contributed by atoms with E-state index in [1.165, 1.54) is 19.1 Å². The van der Waals surface area contributed by atoms with Crippen LogP contribution >= 0.6 is 0 Å². The van der Waals surface area contributed by atoms with E-state index < -0.39 is 21.7 Å². The molecular weight excluding hydrogens is 310 g/mol. The Morgan fingerprint density at radius 1 is 1.09 bits per heavy atom. The van der Waals surface area contributed by atoms with E-state index in [4.69, 9.17) is 0 Å². The number of aryl methyl sites for hydroxylation is 1. The summed E-state index contributed by atoms with van der Waals surface area (Å²) < 4.78 is 50.8. The van der Waals surface area contributed by atoms with Crippen molar-refractivity contribution >= 4 is 15.7 Å². The summed E-state index contributed by atoms with van der Waals surface area (Å²) in [6.45, 7) is 3.22. The Labute approximate surface area is 127 Å². The molecule has 0 unspecified atom stereocenters. The molecular formula is C15H14F2N2O2S. The molecule has 0 saturated heterocycles. The second kappa shape index (κ2) is 6.23. The summed E-state index contributed by atoms with van der Waals surface area (Å²) in [4.78, 5) is 2.05. The molecule has 0 fully saturated rings. The van der Waals surface area contributed by atoms with Crippen molar-refractivity contribution < 1.29 is 17.2 Å². The second-order valence-electron chi connectivity index (χ2n) is 4.73. The van der Waals surface area contributed by atoms with E-state index in [-0.39, 0.29) is 16.2 Å². The van der Waals surface area contributed by atoms with E-state index in [0.29, 0.717) is 0 Å². The maximum absolute atomic E-state index is 13.6. The number of halogens is 2. The highest BCUT2D eigenvalue weighted by atomic mass is 32.2. The lowest BCUT2D eigenvalue weighted by molar-refractivity contribution is 0.584. The molecule has 0 aliphatic carbocycles. The van der Waals surface area contributed by atoms with E-state index >= 15 is 0 Å². The van der Waals surface area contributed by atoms with Gasteiger partial charge in [-0.1, -0.05) is 17.7 Å². The fourth-order valence-electron chi connectivity index (χ4n) is 1.73. The van der Waals surface area contributed by atoms with Crippen molar-refractivity contribution in [3.05, 3.63) is 65.2 Å². The Bertz CT molecular complexity index is 816. The lowest BCUT2D eigenvalue weighted by Gasteiger charge is -2.06. The van der Waals surface area contributed by atoms with Gasteiger partial charge in [0.1, 0.15) is 11.6 Å². The van der Waals surface area contributed by atoms with E-state index in [1.807, 2.05) is 11.8 Å². The summed E-state index contributed by atoms with van der Waals surface area (Å²) >= 11 is 0. The summed E-state index contributed by atoms with van der Waals surface area (Å²) in [7, 11) is -3.86. The highest BCUT2D eigenvalue weighted by molar-refractivity contribution is 7.89. The summed E-state index contributed by atoms with van der Waals surface area (Å²) in [5.74, 6) is -1.32. The number of hydrogen-bond donors (Lipinski definition) is 1. The zero-order chi connectivity index (χ0) is 16.3. The van der Waals surface area contributed by atoms with Crippen LogP contribution in [-0.4, -0.2) is 14.1 Å². The van der Waals surface area contributed by atoms with E-state index in [1.54, 1.807) is 12.1 Å². The monoisotopic (exact) mass is 324 g/mol. The van der Waals surface area contributed by atoms with Gasteiger partial charge in [-0.3, -0.25) is 0 Å². The third kappa shape index (κ3) is 3.67. The van der Waals surface area contributed by atoms with Crippen molar-refractivity contribution in [2.24, 2.45) is 5.10 Å². The van der Waals surface area contributed by atoms with Crippen molar-refractivity contribution in [2.75, 3.05) is 0 Å². The van der Waals surface area contributed by atoms with Crippen LogP contribution in [0.1, 0.15) is 18.1 Å². The molecule has 2 rings (SSSR count). The van der Waals surface area contributed by atoms with Gasteiger partial charge in [-0.15, -0.1) is 0 Å². The molecule has 7 heteroatoms. The maximum atomic E-state index is 13.6. The van der Waals surface area contributed by atoms with Crippen LogP contribution in [0, 0.1) is 18.6 Å². The van der Waals surface area contributed by atoms with Crippen molar-refractivity contribution in [2.45, 2.75) is 18.7 Å². The molecule has 0 spiro atoms. The molecule has 0 amide bonds. The molecule has 2 aromatic rings. The molecule has 0 aliphatic rings. The SMILES string of the molecule is CC(=NNS(=O)(=O)c1ccc(C)cc1)c1cc(F)ccc1F. The lowest BCUT2D eigenvalue weighted by Crippen LogP contribution is -2.20. The number of hydrogen-bond acceptors (Lipinski definition) is 3. The summed E-state index contributed by atoms with van der Waals surface area (Å²) in [5, 5.41) is 3.64. The second-order valence-corrected chi connectivity index (χ2v) is 6.39. The predicted molar refractivity (Wildman–Crippen MR) is 80.1 cm³/mol. The van der Waals surface area contributed by atoms with Crippen LogP contribution in [0.2, 0.25) is 0 Å². The summed E-state index contributed by atoms with van der Waals surface area (Å²) in [6.07, 6.45) is 0. The standard InChI is InChI=1S/C15H14F2N2O2S/c1-10-3-6-13(7-4-10)22(20,21)19-18-11(2)14-9-12(16)5-8-15(14)17/h3-9,19H,1-2H3. The minimum atomic E-state index is -3.86. The maximum Gasteiger partial charge on any atom is 0.276 e. The minimum absolute atomic E-state index is 0.0210. The number of hydrazone groups is 1. The normalized spacial score (nSPS) is 12.3. The van der Waals surface area contributed by atoms with Gasteiger partial charge in [0.2, 0.25) is 0 Å². The molecule has 1 N–H and O–H groups in total. The van der Waals surface area contributed by atoms with Gasteiger partial charge in [0.15, 0.2) is 0 Å². The van der Waals surface area contributed by atoms with Crippen molar-refractivity contribution in [1.82, 2.24) is 4.83 Å². The third-order valence-corrected chi connectivity index (χ3v) is 4.21. The smallest absolute Gasteiger partial charge is 0.207 e. The highest BCUT2D eigenvalue weighted by Gasteiger charge is 2.13. The Balaban J connectivity index is 2.26. The van der Waals surface area contributed by atoms with E-state index in [9.17, 15) is 17.2 Å². The Morgan fingerprint density at radius 3 is 2.36 bits per heavy atom. The van der Waals surface area contributed by atoms with Gasteiger partial charge < -0.3 is 0 Å². The van der Waals surface area contributed by atoms with Crippen LogP contribution in [0.15, 0.2) is 52.5 Å². The van der Waals surface area contributed by atoms with Crippen molar-refractivity contribution in [3.63, 3.8) is 0 Å². The molecule has 0 heterocycles. The Kier molecular flexibility index (Phi) is 4.56. The van der Waals surface area contributed by atoms with Crippen LogP contribution in [-0.2, 0) is 10.0 Å². The lowest BCUT2D eigenvalue weighted by atomic mass is 10.1. The van der Waals surface area contributed by atoms with Crippen molar-refractivity contribution in [3.8, 4) is 0 Å². The van der Waals surface area contributed by atoms with Crippen LogP contribution in [0.4, 0.5) is 8.78 Å². The summed E-state index contributed by atoms with van der Waals surface area (Å²) in [5.41, 5.74) is 0.833. The zero-order valence-corrected chi connectivity index (χ0v) is 12.8. The molecule has 0 aliphatic heterocycles. The number of rotatable bonds is 4. The first-order chi connectivity index (χ1) is 10.3. The largest absolute Gasteiger partial charge is 0.276 e. The molecule has 2 aromatic carbocycles. The van der Waals surface area contributed by atoms with Gasteiger partial charge in [0.25, 0.3) is 10.0 Å². The first kappa shape index (κ1) is 16.1. The number of nitrogens with zero attached hydrogens (tertiary/aromatic N) is 1. The van der Waals surface area contributed by atoms with Crippen LogP contribution in [0.25, 0.3) is 0 Å². The molecule has 0 bridgehead atoms. The fourth-order valence-corrected chi connectivity index (χ4v) is 2.59. The van der Waals surface area contributed by atoms with Crippen LogP contribution < -0.4 is 4.83 Å². The molecule has 0 atom stereocenters. The molecule has 0 aromatic heterocycles. The predicted octanol–water partition coefficient (Wildman–Crippen LogP) is 2.98. The molecule has 22 heavy (non-hydrogen) atoms. The first-order valence-electron chi connectivity index (χ1n) is 6.38. The van der Waals surface area contributed by atoms with Crippen LogP contribution in [0.3, 0.4) is 0 Å². The number of benzene rings is 2. The Morgan fingerprint density at radius 2 is 1.73 bits per heavy atom. The first-order valence-corrected chi connectivity index (χ1v) is 7.86. The number of sulfonamides is 1. The fraction of sp³-hybridized carbons (Fsp3) is 0.133. The topological polar surface area (TPSA) is 58.5 Å².